The summed E-state index contributed by atoms with van der Waals surface area (Å²) in [5.74, 6) is 1.69. The summed E-state index contributed by atoms with van der Waals surface area (Å²) >= 11 is 0. The summed E-state index contributed by atoms with van der Waals surface area (Å²) in [4.78, 5) is 14.7. The lowest BCUT2D eigenvalue weighted by atomic mass is 10.00. The standard InChI is InChI=1S/C15H27NO/c1-11(2)12(3)16(14-8-9-14)15(17)10-13-6-4-5-7-13/h11-14H,4-10H2,1-3H3. The van der Waals surface area contributed by atoms with Crippen LogP contribution in [0.5, 0.6) is 0 Å². The topological polar surface area (TPSA) is 20.3 Å². The molecule has 2 aliphatic rings. The first-order valence-corrected chi connectivity index (χ1v) is 7.40. The number of carbonyl (C=O) groups excluding carboxylic acids is 1. The molecule has 2 fully saturated rings. The first-order chi connectivity index (χ1) is 8.09. The maximum absolute atomic E-state index is 12.5. The van der Waals surface area contributed by atoms with Crippen LogP contribution in [0.2, 0.25) is 0 Å². The fraction of sp³-hybridized carbons (Fsp3) is 0.933. The summed E-state index contributed by atoms with van der Waals surface area (Å²) in [5, 5.41) is 0. The van der Waals surface area contributed by atoms with Crippen LogP contribution in [0.15, 0.2) is 0 Å². The van der Waals surface area contributed by atoms with Crippen molar-refractivity contribution in [2.75, 3.05) is 0 Å². The third-order valence-corrected chi connectivity index (χ3v) is 4.57. The Morgan fingerprint density at radius 2 is 1.71 bits per heavy atom. The molecule has 2 heteroatoms. The van der Waals surface area contributed by atoms with Gasteiger partial charge in [0.1, 0.15) is 0 Å². The van der Waals surface area contributed by atoms with Gasteiger partial charge in [-0.1, -0.05) is 26.7 Å². The summed E-state index contributed by atoms with van der Waals surface area (Å²) in [6.07, 6.45) is 8.50. The molecule has 2 aliphatic carbocycles. The van der Waals surface area contributed by atoms with Gasteiger partial charge in [-0.25, -0.2) is 0 Å². The summed E-state index contributed by atoms with van der Waals surface area (Å²) < 4.78 is 0. The Morgan fingerprint density at radius 3 is 2.18 bits per heavy atom. The Kier molecular flexibility index (Phi) is 4.11. The van der Waals surface area contributed by atoms with Gasteiger partial charge >= 0.3 is 0 Å². The van der Waals surface area contributed by atoms with E-state index in [0.717, 1.165) is 6.42 Å². The van der Waals surface area contributed by atoms with Crippen LogP contribution in [0.1, 0.15) is 65.7 Å². The van der Waals surface area contributed by atoms with Crippen LogP contribution >= 0.6 is 0 Å². The summed E-state index contributed by atoms with van der Waals surface area (Å²) in [7, 11) is 0. The van der Waals surface area contributed by atoms with E-state index in [-0.39, 0.29) is 0 Å². The second-order valence-electron chi connectivity index (χ2n) is 6.37. The van der Waals surface area contributed by atoms with E-state index >= 15 is 0 Å². The molecule has 2 saturated carbocycles. The second-order valence-corrected chi connectivity index (χ2v) is 6.37. The van der Waals surface area contributed by atoms with Crippen molar-refractivity contribution in [3.05, 3.63) is 0 Å². The first-order valence-electron chi connectivity index (χ1n) is 7.40. The van der Waals surface area contributed by atoms with Crippen molar-refractivity contribution in [3.63, 3.8) is 0 Å². The van der Waals surface area contributed by atoms with Gasteiger partial charge in [-0.3, -0.25) is 4.79 Å². The van der Waals surface area contributed by atoms with Crippen LogP contribution in [0.25, 0.3) is 0 Å². The largest absolute Gasteiger partial charge is 0.337 e. The normalized spacial score (nSPS) is 23.1. The highest BCUT2D eigenvalue weighted by molar-refractivity contribution is 5.77. The van der Waals surface area contributed by atoms with E-state index in [1.54, 1.807) is 0 Å². The van der Waals surface area contributed by atoms with E-state index < -0.39 is 0 Å². The van der Waals surface area contributed by atoms with E-state index in [1.807, 2.05) is 0 Å². The highest BCUT2D eigenvalue weighted by atomic mass is 16.2. The molecule has 2 nitrogen and oxygen atoms in total. The zero-order valence-electron chi connectivity index (χ0n) is 11.6. The fourth-order valence-electron chi connectivity index (χ4n) is 3.00. The third-order valence-electron chi connectivity index (χ3n) is 4.57. The Hall–Kier alpha value is -0.530. The van der Waals surface area contributed by atoms with Gasteiger partial charge in [0.25, 0.3) is 0 Å². The number of carbonyl (C=O) groups is 1. The molecule has 17 heavy (non-hydrogen) atoms. The number of hydrogen-bond donors (Lipinski definition) is 0. The Morgan fingerprint density at radius 1 is 1.12 bits per heavy atom. The molecule has 0 aromatic rings. The fourth-order valence-corrected chi connectivity index (χ4v) is 3.00. The molecular formula is C15H27NO. The van der Waals surface area contributed by atoms with Crippen LogP contribution in [-0.4, -0.2) is 22.9 Å². The molecule has 0 aromatic carbocycles. The molecule has 0 aromatic heterocycles. The molecule has 0 N–H and O–H groups in total. The lowest BCUT2D eigenvalue weighted by Crippen LogP contribution is -2.43. The zero-order valence-corrected chi connectivity index (χ0v) is 11.6. The smallest absolute Gasteiger partial charge is 0.223 e. The van der Waals surface area contributed by atoms with Crippen molar-refractivity contribution in [2.45, 2.75) is 77.8 Å². The van der Waals surface area contributed by atoms with Crippen LogP contribution in [0, 0.1) is 11.8 Å². The molecule has 0 bridgehead atoms. The van der Waals surface area contributed by atoms with E-state index in [2.05, 4.69) is 25.7 Å². The average Bonchev–Trinajstić information content (AvgIpc) is 2.96. The van der Waals surface area contributed by atoms with Crippen LogP contribution in [0.3, 0.4) is 0 Å². The average molecular weight is 237 g/mol. The molecule has 0 aliphatic heterocycles. The van der Waals surface area contributed by atoms with E-state index in [1.165, 1.54) is 38.5 Å². The van der Waals surface area contributed by atoms with Gasteiger partial charge in [-0.15, -0.1) is 0 Å². The van der Waals surface area contributed by atoms with Crippen LogP contribution < -0.4 is 0 Å². The second kappa shape index (κ2) is 5.41. The molecule has 1 atom stereocenters. The molecule has 0 spiro atoms. The predicted molar refractivity (Wildman–Crippen MR) is 70.7 cm³/mol. The van der Waals surface area contributed by atoms with Gasteiger partial charge in [0, 0.05) is 18.5 Å². The number of amides is 1. The summed E-state index contributed by atoms with van der Waals surface area (Å²) in [6, 6.07) is 0.984. The highest BCUT2D eigenvalue weighted by Gasteiger charge is 2.37. The van der Waals surface area contributed by atoms with Crippen molar-refractivity contribution in [3.8, 4) is 0 Å². The van der Waals surface area contributed by atoms with Gasteiger partial charge in [0.05, 0.1) is 0 Å². The highest BCUT2D eigenvalue weighted by Crippen LogP contribution is 2.34. The summed E-state index contributed by atoms with van der Waals surface area (Å²) in [5.41, 5.74) is 0. The molecule has 0 saturated heterocycles. The van der Waals surface area contributed by atoms with Gasteiger partial charge in [0.2, 0.25) is 5.91 Å². The minimum absolute atomic E-state index is 0.413. The number of rotatable bonds is 5. The van der Waals surface area contributed by atoms with Crippen molar-refractivity contribution < 1.29 is 4.79 Å². The molecule has 1 unspecified atom stereocenters. The maximum atomic E-state index is 12.5. The molecule has 2 rings (SSSR count). The van der Waals surface area contributed by atoms with Crippen molar-refractivity contribution in [1.29, 1.82) is 0 Å². The van der Waals surface area contributed by atoms with Crippen molar-refractivity contribution >= 4 is 5.91 Å². The minimum atomic E-state index is 0.413. The van der Waals surface area contributed by atoms with Gasteiger partial charge in [0.15, 0.2) is 0 Å². The lowest BCUT2D eigenvalue weighted by molar-refractivity contribution is -0.135. The monoisotopic (exact) mass is 237 g/mol. The van der Waals surface area contributed by atoms with Crippen molar-refractivity contribution in [1.82, 2.24) is 4.90 Å². The van der Waals surface area contributed by atoms with Gasteiger partial charge in [-0.2, -0.15) is 0 Å². The maximum Gasteiger partial charge on any atom is 0.223 e. The molecule has 0 heterocycles. The zero-order chi connectivity index (χ0) is 12.4. The first kappa shape index (κ1) is 12.9. The SMILES string of the molecule is CC(C)C(C)N(C(=O)CC1CCCC1)C1CC1. The molecular weight excluding hydrogens is 210 g/mol. The molecule has 1 amide bonds. The Labute approximate surface area is 106 Å². The van der Waals surface area contributed by atoms with Gasteiger partial charge < -0.3 is 4.90 Å². The number of nitrogens with zero attached hydrogens (tertiary/aromatic N) is 1. The lowest BCUT2D eigenvalue weighted by Gasteiger charge is -2.33. The Bertz CT molecular complexity index is 264. The van der Waals surface area contributed by atoms with Crippen LogP contribution in [0.4, 0.5) is 0 Å². The van der Waals surface area contributed by atoms with Crippen LogP contribution in [-0.2, 0) is 4.79 Å². The molecule has 0 radical (unpaired) electrons. The van der Waals surface area contributed by atoms with Crippen molar-refractivity contribution in [2.24, 2.45) is 11.8 Å². The van der Waals surface area contributed by atoms with E-state index in [9.17, 15) is 4.79 Å². The van der Waals surface area contributed by atoms with E-state index in [4.69, 9.17) is 0 Å². The third kappa shape index (κ3) is 3.23. The summed E-state index contributed by atoms with van der Waals surface area (Å²) in [6.45, 7) is 6.67. The predicted octanol–water partition coefficient (Wildman–Crippen LogP) is 3.60. The van der Waals surface area contributed by atoms with Gasteiger partial charge in [-0.05, 0) is 44.4 Å². The Balaban J connectivity index is 1.92. The number of hydrogen-bond acceptors (Lipinski definition) is 1. The minimum Gasteiger partial charge on any atom is -0.337 e. The quantitative estimate of drug-likeness (QED) is 0.715. The molecule has 98 valence electrons. The van der Waals surface area contributed by atoms with E-state index in [0.29, 0.717) is 29.8 Å².